The molecule has 0 aliphatic heterocycles. The number of aromatic nitrogens is 1. The second-order valence-corrected chi connectivity index (χ2v) is 9.83. The van der Waals surface area contributed by atoms with E-state index in [-0.39, 0.29) is 33.2 Å². The minimum Gasteiger partial charge on any atom is -0.305 e. The third kappa shape index (κ3) is 5.11. The summed E-state index contributed by atoms with van der Waals surface area (Å²) >= 11 is 1.06. The number of nitrogens with zero attached hydrogens (tertiary/aromatic N) is 3. The van der Waals surface area contributed by atoms with Gasteiger partial charge in [-0.2, -0.15) is 4.99 Å². The van der Waals surface area contributed by atoms with Gasteiger partial charge in [-0.3, -0.25) is 19.6 Å². The van der Waals surface area contributed by atoms with Gasteiger partial charge in [0.05, 0.1) is 26.6 Å². The van der Waals surface area contributed by atoms with Gasteiger partial charge in [-0.15, -0.1) is 6.42 Å². The van der Waals surface area contributed by atoms with E-state index in [9.17, 15) is 27.7 Å². The molecule has 1 N–H and O–H groups in total. The van der Waals surface area contributed by atoms with Crippen LogP contribution in [0.3, 0.4) is 0 Å². The lowest BCUT2D eigenvalue weighted by molar-refractivity contribution is -0.384. The van der Waals surface area contributed by atoms with Crippen LogP contribution in [-0.4, -0.2) is 23.8 Å². The third-order valence-corrected chi connectivity index (χ3v) is 7.25. The molecule has 0 saturated carbocycles. The van der Waals surface area contributed by atoms with Crippen LogP contribution in [-0.2, 0) is 16.6 Å². The molecule has 0 fully saturated rings. The number of terminal acetylenes is 1. The zero-order valence-corrected chi connectivity index (χ0v) is 19.3. The van der Waals surface area contributed by atoms with Gasteiger partial charge in [0.1, 0.15) is 5.82 Å². The molecule has 12 heteroatoms. The molecule has 1 amide bonds. The highest BCUT2D eigenvalue weighted by Crippen LogP contribution is 2.23. The number of non-ortho nitro benzene ring substituents is 1. The van der Waals surface area contributed by atoms with Gasteiger partial charge in [-0.25, -0.2) is 12.8 Å². The standard InChI is InChI=1S/C23H15FN4O5S2/c1-2-12-27-20-11-8-18(28(30)31)14-21(20)34-23(27)25-22(29)15-4-3-5-17(13-15)26-35(32,33)19-9-6-16(24)7-10-19/h1,3-11,13-14,26H,12H2. The lowest BCUT2D eigenvalue weighted by Crippen LogP contribution is -2.17. The number of sulfonamides is 1. The number of halogens is 1. The lowest BCUT2D eigenvalue weighted by atomic mass is 10.2. The van der Waals surface area contributed by atoms with Crippen LogP contribution < -0.4 is 9.52 Å². The first-order valence-electron chi connectivity index (χ1n) is 9.87. The molecule has 0 unspecified atom stereocenters. The smallest absolute Gasteiger partial charge is 0.279 e. The first-order valence-corrected chi connectivity index (χ1v) is 12.2. The molecule has 35 heavy (non-hydrogen) atoms. The summed E-state index contributed by atoms with van der Waals surface area (Å²) in [6.45, 7) is 0.0848. The number of benzene rings is 3. The number of carbonyl (C=O) groups is 1. The molecule has 0 radical (unpaired) electrons. The number of anilines is 1. The highest BCUT2D eigenvalue weighted by atomic mass is 32.2. The first kappa shape index (κ1) is 23.8. The minimum absolute atomic E-state index is 0.0848. The van der Waals surface area contributed by atoms with E-state index < -0.39 is 26.7 Å². The van der Waals surface area contributed by atoms with Crippen LogP contribution >= 0.6 is 11.3 Å². The molecule has 3 aromatic carbocycles. The van der Waals surface area contributed by atoms with Crippen molar-refractivity contribution in [1.29, 1.82) is 0 Å². The fourth-order valence-electron chi connectivity index (χ4n) is 3.20. The van der Waals surface area contributed by atoms with Gasteiger partial charge in [-0.1, -0.05) is 23.3 Å². The number of amides is 1. The Morgan fingerprint density at radius 3 is 2.60 bits per heavy atom. The molecule has 4 rings (SSSR count). The van der Waals surface area contributed by atoms with E-state index in [2.05, 4.69) is 15.6 Å². The monoisotopic (exact) mass is 510 g/mol. The molecule has 0 aliphatic rings. The van der Waals surface area contributed by atoms with E-state index >= 15 is 0 Å². The van der Waals surface area contributed by atoms with Crippen LogP contribution in [0.25, 0.3) is 10.2 Å². The fraction of sp³-hybridized carbons (Fsp3) is 0.0435. The summed E-state index contributed by atoms with van der Waals surface area (Å²) in [5.74, 6) is 1.23. The summed E-state index contributed by atoms with van der Waals surface area (Å²) in [4.78, 5) is 27.7. The normalized spacial score (nSPS) is 11.8. The van der Waals surface area contributed by atoms with E-state index in [1.807, 2.05) is 0 Å². The largest absolute Gasteiger partial charge is 0.305 e. The van der Waals surface area contributed by atoms with Crippen molar-refractivity contribution in [2.45, 2.75) is 11.4 Å². The molecule has 4 aromatic rings. The van der Waals surface area contributed by atoms with Gasteiger partial charge in [0, 0.05) is 23.4 Å². The van der Waals surface area contributed by atoms with Crippen molar-refractivity contribution in [2.24, 2.45) is 4.99 Å². The Balaban J connectivity index is 1.69. The predicted octanol–water partition coefficient (Wildman–Crippen LogP) is 3.93. The molecule has 176 valence electrons. The number of carbonyl (C=O) groups excluding carboxylic acids is 1. The lowest BCUT2D eigenvalue weighted by Gasteiger charge is -2.08. The van der Waals surface area contributed by atoms with Gasteiger partial charge >= 0.3 is 0 Å². The summed E-state index contributed by atoms with van der Waals surface area (Å²) in [5, 5.41) is 11.1. The molecule has 1 aromatic heterocycles. The third-order valence-electron chi connectivity index (χ3n) is 4.81. The fourth-order valence-corrected chi connectivity index (χ4v) is 5.31. The Morgan fingerprint density at radius 1 is 1.17 bits per heavy atom. The van der Waals surface area contributed by atoms with Crippen molar-refractivity contribution < 1.29 is 22.5 Å². The number of hydrogen-bond acceptors (Lipinski definition) is 6. The number of fused-ring (bicyclic) bond motifs is 1. The molecular weight excluding hydrogens is 495 g/mol. The highest BCUT2D eigenvalue weighted by Gasteiger charge is 2.16. The molecule has 0 aliphatic carbocycles. The molecule has 0 spiro atoms. The molecule has 1 heterocycles. The van der Waals surface area contributed by atoms with E-state index in [1.54, 1.807) is 4.57 Å². The summed E-state index contributed by atoms with van der Waals surface area (Å²) in [7, 11) is -4.01. The maximum Gasteiger partial charge on any atom is 0.279 e. The number of nitro benzene ring substituents is 1. The Labute approximate surface area is 202 Å². The van der Waals surface area contributed by atoms with Crippen LogP contribution in [0.2, 0.25) is 0 Å². The van der Waals surface area contributed by atoms with Crippen molar-refractivity contribution in [3.63, 3.8) is 0 Å². The second kappa shape index (κ2) is 9.49. The van der Waals surface area contributed by atoms with Gasteiger partial charge < -0.3 is 4.57 Å². The van der Waals surface area contributed by atoms with Crippen molar-refractivity contribution in [3.05, 3.63) is 93.0 Å². The van der Waals surface area contributed by atoms with E-state index in [1.165, 1.54) is 42.5 Å². The number of hydrogen-bond donors (Lipinski definition) is 1. The minimum atomic E-state index is -4.01. The number of thiazole rings is 1. The van der Waals surface area contributed by atoms with Crippen LogP contribution in [0.5, 0.6) is 0 Å². The Morgan fingerprint density at radius 2 is 1.91 bits per heavy atom. The summed E-state index contributed by atoms with van der Waals surface area (Å²) in [6.07, 6.45) is 5.45. The molecule has 9 nitrogen and oxygen atoms in total. The maximum atomic E-state index is 13.1. The number of nitrogens with one attached hydrogen (secondary N) is 1. The summed E-state index contributed by atoms with van der Waals surface area (Å²) in [6, 6.07) is 14.3. The highest BCUT2D eigenvalue weighted by molar-refractivity contribution is 7.92. The maximum absolute atomic E-state index is 13.1. The summed E-state index contributed by atoms with van der Waals surface area (Å²) in [5.41, 5.74) is 0.690. The van der Waals surface area contributed by atoms with Crippen molar-refractivity contribution in [1.82, 2.24) is 4.57 Å². The van der Waals surface area contributed by atoms with Gasteiger partial charge in [0.2, 0.25) is 0 Å². The second-order valence-electron chi connectivity index (χ2n) is 7.14. The zero-order valence-electron chi connectivity index (χ0n) is 17.7. The van der Waals surface area contributed by atoms with Crippen LogP contribution in [0.15, 0.2) is 76.6 Å². The van der Waals surface area contributed by atoms with Crippen molar-refractivity contribution in [2.75, 3.05) is 4.72 Å². The number of rotatable bonds is 6. The van der Waals surface area contributed by atoms with E-state index in [0.717, 1.165) is 35.6 Å². The average Bonchev–Trinajstić information content (AvgIpc) is 3.15. The van der Waals surface area contributed by atoms with Crippen LogP contribution in [0, 0.1) is 28.3 Å². The van der Waals surface area contributed by atoms with E-state index in [0.29, 0.717) is 10.2 Å². The zero-order chi connectivity index (χ0) is 25.2. The van der Waals surface area contributed by atoms with E-state index in [4.69, 9.17) is 6.42 Å². The molecular formula is C23H15FN4O5S2. The Hall–Kier alpha value is -4.34. The summed E-state index contributed by atoms with van der Waals surface area (Å²) < 4.78 is 42.7. The average molecular weight is 511 g/mol. The topological polar surface area (TPSA) is 124 Å². The predicted molar refractivity (Wildman–Crippen MR) is 129 cm³/mol. The molecule has 0 atom stereocenters. The van der Waals surface area contributed by atoms with Crippen molar-refractivity contribution in [3.8, 4) is 12.3 Å². The number of nitro groups is 1. The van der Waals surface area contributed by atoms with Gasteiger partial charge in [0.25, 0.3) is 21.6 Å². The Bertz CT molecular complexity index is 1680. The van der Waals surface area contributed by atoms with Gasteiger partial charge in [-0.05, 0) is 48.5 Å². The van der Waals surface area contributed by atoms with Gasteiger partial charge in [0.15, 0.2) is 4.80 Å². The van der Waals surface area contributed by atoms with Crippen LogP contribution in [0.4, 0.5) is 15.8 Å². The van der Waals surface area contributed by atoms with Crippen molar-refractivity contribution >= 4 is 48.9 Å². The quantitative estimate of drug-likeness (QED) is 0.239. The van der Waals surface area contributed by atoms with Crippen LogP contribution in [0.1, 0.15) is 10.4 Å². The first-order chi connectivity index (χ1) is 16.7. The Kier molecular flexibility index (Phi) is 6.46. The molecule has 0 saturated heterocycles. The SMILES string of the molecule is C#CCn1c(=NC(=O)c2cccc(NS(=O)(=O)c3ccc(F)cc3)c2)sc2cc([N+](=O)[O-])ccc21. The molecule has 0 bridgehead atoms.